The van der Waals surface area contributed by atoms with Crippen LogP contribution in [0.1, 0.15) is 11.8 Å². The fourth-order valence-electron chi connectivity index (χ4n) is 1.17. The van der Waals surface area contributed by atoms with E-state index in [-0.39, 0.29) is 0 Å². The lowest BCUT2D eigenvalue weighted by Crippen LogP contribution is -2.26. The standard InChI is InChI=1S/C9H15BrN2O2S2/c1-4-12(3)16(13,14)8-5-7(6-11-2)15-9(8)10/h5,11H,4,6H2,1-3H3. The summed E-state index contributed by atoms with van der Waals surface area (Å²) in [6, 6.07) is 1.72. The predicted molar refractivity (Wildman–Crippen MR) is 70.3 cm³/mol. The topological polar surface area (TPSA) is 49.4 Å². The smallest absolute Gasteiger partial charge is 0.244 e. The van der Waals surface area contributed by atoms with Gasteiger partial charge in [-0.2, -0.15) is 0 Å². The van der Waals surface area contributed by atoms with Gasteiger partial charge in [0.15, 0.2) is 0 Å². The van der Waals surface area contributed by atoms with Crippen LogP contribution >= 0.6 is 27.3 Å². The summed E-state index contributed by atoms with van der Waals surface area (Å²) < 4.78 is 26.2. The predicted octanol–water partition coefficient (Wildman–Crippen LogP) is 1.87. The SMILES string of the molecule is CCN(C)S(=O)(=O)c1cc(CNC)sc1Br. The van der Waals surface area contributed by atoms with E-state index in [1.807, 2.05) is 14.0 Å². The number of nitrogens with one attached hydrogen (secondary N) is 1. The molecule has 0 aliphatic heterocycles. The van der Waals surface area contributed by atoms with Crippen molar-refractivity contribution in [1.29, 1.82) is 0 Å². The Hall–Kier alpha value is 0.0500. The van der Waals surface area contributed by atoms with E-state index in [1.165, 1.54) is 15.6 Å². The number of thiophene rings is 1. The Labute approximate surface area is 109 Å². The van der Waals surface area contributed by atoms with Crippen molar-refractivity contribution in [2.45, 2.75) is 18.4 Å². The maximum Gasteiger partial charge on any atom is 0.244 e. The zero-order valence-corrected chi connectivity index (χ0v) is 12.7. The first-order valence-corrected chi connectivity index (χ1v) is 7.87. The number of nitrogens with zero attached hydrogens (tertiary/aromatic N) is 1. The summed E-state index contributed by atoms with van der Waals surface area (Å²) in [7, 11) is 0.0657. The normalized spacial score (nSPS) is 12.3. The Morgan fingerprint density at radius 3 is 2.69 bits per heavy atom. The molecule has 0 aliphatic rings. The van der Waals surface area contributed by atoms with Crippen LogP contribution in [0.4, 0.5) is 0 Å². The number of sulfonamides is 1. The molecule has 0 fully saturated rings. The van der Waals surface area contributed by atoms with Crippen molar-refractivity contribution in [3.8, 4) is 0 Å². The van der Waals surface area contributed by atoms with Gasteiger partial charge in [-0.1, -0.05) is 6.92 Å². The molecule has 0 spiro atoms. The summed E-state index contributed by atoms with van der Waals surface area (Å²) in [5, 5.41) is 3.00. The molecule has 1 aromatic heterocycles. The van der Waals surface area contributed by atoms with Gasteiger partial charge in [0.25, 0.3) is 0 Å². The van der Waals surface area contributed by atoms with Crippen molar-refractivity contribution in [2.24, 2.45) is 0 Å². The van der Waals surface area contributed by atoms with Gasteiger partial charge in [-0.05, 0) is 29.0 Å². The summed E-state index contributed by atoms with van der Waals surface area (Å²) in [6.45, 7) is 2.95. The highest BCUT2D eigenvalue weighted by atomic mass is 79.9. The third-order valence-electron chi connectivity index (χ3n) is 2.19. The van der Waals surface area contributed by atoms with Crippen LogP contribution in [0.5, 0.6) is 0 Å². The van der Waals surface area contributed by atoms with Crippen molar-refractivity contribution < 1.29 is 8.42 Å². The fraction of sp³-hybridized carbons (Fsp3) is 0.556. The zero-order valence-electron chi connectivity index (χ0n) is 9.45. The highest BCUT2D eigenvalue weighted by molar-refractivity contribution is 9.11. The molecule has 0 aromatic carbocycles. The third kappa shape index (κ3) is 2.84. The molecule has 0 atom stereocenters. The van der Waals surface area contributed by atoms with Crippen LogP contribution in [0.2, 0.25) is 0 Å². The molecule has 0 saturated carbocycles. The average Bonchev–Trinajstić information content (AvgIpc) is 2.59. The molecule has 7 heteroatoms. The number of rotatable bonds is 5. The van der Waals surface area contributed by atoms with Gasteiger partial charge in [0.1, 0.15) is 4.90 Å². The number of halogens is 1. The molecule has 1 heterocycles. The molecule has 0 radical (unpaired) electrons. The van der Waals surface area contributed by atoms with Crippen molar-refractivity contribution in [2.75, 3.05) is 20.6 Å². The third-order valence-corrected chi connectivity index (χ3v) is 6.38. The van der Waals surface area contributed by atoms with E-state index in [4.69, 9.17) is 0 Å². The van der Waals surface area contributed by atoms with E-state index < -0.39 is 10.0 Å². The fourth-order valence-corrected chi connectivity index (χ4v) is 4.99. The largest absolute Gasteiger partial charge is 0.315 e. The lowest BCUT2D eigenvalue weighted by Gasteiger charge is -2.13. The molecule has 1 rings (SSSR count). The highest BCUT2D eigenvalue weighted by Gasteiger charge is 2.24. The molecule has 0 unspecified atom stereocenters. The van der Waals surface area contributed by atoms with Crippen molar-refractivity contribution in [1.82, 2.24) is 9.62 Å². The van der Waals surface area contributed by atoms with Crippen LogP contribution in [0.25, 0.3) is 0 Å². The maximum absolute atomic E-state index is 12.1. The van der Waals surface area contributed by atoms with Crippen LogP contribution in [-0.4, -0.2) is 33.4 Å². The minimum Gasteiger partial charge on any atom is -0.315 e. The Bertz CT molecular complexity index is 456. The highest BCUT2D eigenvalue weighted by Crippen LogP contribution is 2.33. The van der Waals surface area contributed by atoms with Gasteiger partial charge < -0.3 is 5.32 Å². The molecule has 0 aliphatic carbocycles. The first kappa shape index (κ1) is 14.1. The second-order valence-corrected chi connectivity index (χ2v) is 7.77. The van der Waals surface area contributed by atoms with Crippen molar-refractivity contribution >= 4 is 37.3 Å². The lowest BCUT2D eigenvalue weighted by atomic mass is 10.5. The van der Waals surface area contributed by atoms with Gasteiger partial charge >= 0.3 is 0 Å². The van der Waals surface area contributed by atoms with Gasteiger partial charge in [-0.3, -0.25) is 0 Å². The Balaban J connectivity index is 3.13. The Morgan fingerprint density at radius 1 is 1.56 bits per heavy atom. The minimum absolute atomic E-state index is 0.354. The molecular weight excluding hydrogens is 312 g/mol. The summed E-state index contributed by atoms with van der Waals surface area (Å²) in [5.41, 5.74) is 0. The molecule has 1 N–H and O–H groups in total. The van der Waals surface area contributed by atoms with E-state index in [0.717, 1.165) is 4.88 Å². The van der Waals surface area contributed by atoms with Crippen LogP contribution in [0.15, 0.2) is 14.7 Å². The zero-order chi connectivity index (χ0) is 12.3. The Morgan fingerprint density at radius 2 is 2.19 bits per heavy atom. The maximum atomic E-state index is 12.1. The van der Waals surface area contributed by atoms with Crippen molar-refractivity contribution in [3.63, 3.8) is 0 Å². The molecular formula is C9H15BrN2O2S2. The van der Waals surface area contributed by atoms with Crippen LogP contribution in [0.3, 0.4) is 0 Å². The second-order valence-electron chi connectivity index (χ2n) is 3.30. The Kier molecular flexibility index (Phi) is 4.93. The molecule has 0 saturated heterocycles. The van der Waals surface area contributed by atoms with Crippen LogP contribution < -0.4 is 5.32 Å². The minimum atomic E-state index is -3.35. The summed E-state index contributed by atoms with van der Waals surface area (Å²) in [4.78, 5) is 1.35. The van der Waals surface area contributed by atoms with E-state index in [2.05, 4.69) is 21.2 Å². The van der Waals surface area contributed by atoms with Gasteiger partial charge in [0.2, 0.25) is 10.0 Å². The van der Waals surface area contributed by atoms with Crippen molar-refractivity contribution in [3.05, 3.63) is 14.7 Å². The van der Waals surface area contributed by atoms with E-state index in [1.54, 1.807) is 13.1 Å². The van der Waals surface area contributed by atoms with Gasteiger partial charge in [-0.15, -0.1) is 11.3 Å². The number of hydrogen-bond donors (Lipinski definition) is 1. The molecule has 4 nitrogen and oxygen atoms in total. The van der Waals surface area contributed by atoms with E-state index >= 15 is 0 Å². The van der Waals surface area contributed by atoms with E-state index in [9.17, 15) is 8.42 Å². The first-order chi connectivity index (χ1) is 7.43. The summed E-state index contributed by atoms with van der Waals surface area (Å²) in [5.74, 6) is 0. The van der Waals surface area contributed by atoms with E-state index in [0.29, 0.717) is 21.8 Å². The molecule has 0 bridgehead atoms. The first-order valence-electron chi connectivity index (χ1n) is 4.82. The van der Waals surface area contributed by atoms with Gasteiger partial charge in [-0.25, -0.2) is 12.7 Å². The molecule has 92 valence electrons. The summed E-state index contributed by atoms with van der Waals surface area (Å²) >= 11 is 4.75. The van der Waals surface area contributed by atoms with Gasteiger partial charge in [0.05, 0.1) is 3.79 Å². The molecule has 1 aromatic rings. The molecule has 0 amide bonds. The van der Waals surface area contributed by atoms with Gasteiger partial charge in [0, 0.05) is 25.0 Å². The van der Waals surface area contributed by atoms with Crippen LogP contribution in [-0.2, 0) is 16.6 Å². The molecule has 16 heavy (non-hydrogen) atoms. The van der Waals surface area contributed by atoms with Crippen LogP contribution in [0, 0.1) is 0 Å². The quantitative estimate of drug-likeness (QED) is 0.898. The summed E-state index contributed by atoms with van der Waals surface area (Å²) in [6.07, 6.45) is 0. The lowest BCUT2D eigenvalue weighted by molar-refractivity contribution is 0.486. The number of hydrogen-bond acceptors (Lipinski definition) is 4. The monoisotopic (exact) mass is 326 g/mol. The average molecular weight is 327 g/mol. The second kappa shape index (κ2) is 5.59.